The summed E-state index contributed by atoms with van der Waals surface area (Å²) in [6.07, 6.45) is 0. The topological polar surface area (TPSA) is 75.3 Å². The minimum absolute atomic E-state index is 0.126. The minimum Gasteiger partial charge on any atom is -0.451 e. The van der Waals surface area contributed by atoms with E-state index in [1.54, 1.807) is 12.1 Å². The summed E-state index contributed by atoms with van der Waals surface area (Å²) >= 11 is 0. The third-order valence-corrected chi connectivity index (χ3v) is 4.98. The second-order valence-corrected chi connectivity index (χ2v) is 7.41. The highest BCUT2D eigenvalue weighted by Gasteiger charge is 2.34. The summed E-state index contributed by atoms with van der Waals surface area (Å²) in [6.45, 7) is 0. The fraction of sp³-hybridized carbons (Fsp3) is 0. The van der Waals surface area contributed by atoms with Crippen molar-refractivity contribution in [2.75, 3.05) is 0 Å². The molecule has 0 amide bonds. The third kappa shape index (κ3) is 4.98. The first-order chi connectivity index (χ1) is 18.6. The van der Waals surface area contributed by atoms with Gasteiger partial charge in [0, 0.05) is 0 Å². The molecule has 0 bridgehead atoms. The fourth-order valence-corrected chi connectivity index (χ4v) is 3.07. The zero-order valence-corrected chi connectivity index (χ0v) is 18.8. The van der Waals surface area contributed by atoms with Crippen molar-refractivity contribution in [3.8, 4) is 46.6 Å². The molecule has 0 radical (unpaired) electrons. The first-order valence-electron chi connectivity index (χ1n) is 10.3. The Morgan fingerprint density at radius 2 is 0.615 bits per heavy atom. The summed E-state index contributed by atoms with van der Waals surface area (Å²) in [7, 11) is 0. The van der Waals surface area contributed by atoms with Crippen LogP contribution in [0.4, 0.5) is 35.1 Å². The van der Waals surface area contributed by atoms with Gasteiger partial charge in [-0.3, -0.25) is 0 Å². The van der Waals surface area contributed by atoms with Gasteiger partial charge in [0.15, 0.2) is 0 Å². The molecule has 0 heterocycles. The lowest BCUT2D eigenvalue weighted by Crippen LogP contribution is -2.08. The molecule has 5 nitrogen and oxygen atoms in total. The van der Waals surface area contributed by atoms with E-state index < -0.39 is 69.5 Å². The molecule has 4 rings (SSSR count). The van der Waals surface area contributed by atoms with Crippen LogP contribution in [0.5, 0.6) is 34.5 Å². The van der Waals surface area contributed by atoms with E-state index >= 15 is 0 Å². The highest BCUT2D eigenvalue weighted by molar-refractivity contribution is 5.47. The van der Waals surface area contributed by atoms with Crippen LogP contribution in [-0.4, -0.2) is 0 Å². The van der Waals surface area contributed by atoms with Crippen LogP contribution >= 0.6 is 0 Å². The zero-order valence-electron chi connectivity index (χ0n) is 18.8. The largest absolute Gasteiger partial charge is 0.451 e. The average molecular weight is 548 g/mol. The van der Waals surface area contributed by atoms with Crippen molar-refractivity contribution in [2.24, 2.45) is 0 Å². The number of hydrogen-bond acceptors (Lipinski definition) is 5. The first kappa shape index (κ1) is 26.8. The Bertz CT molecular complexity index is 1500. The second kappa shape index (κ2) is 10.6. The average Bonchev–Trinajstić information content (AvgIpc) is 2.95. The van der Waals surface area contributed by atoms with Gasteiger partial charge in [0.2, 0.25) is 69.5 Å². The lowest BCUT2D eigenvalue weighted by molar-refractivity contribution is 0.299. The first-order valence-corrected chi connectivity index (χ1v) is 10.3. The second-order valence-electron chi connectivity index (χ2n) is 7.41. The number of rotatable bonds is 6. The van der Waals surface area contributed by atoms with Crippen LogP contribution in [0, 0.1) is 69.2 Å². The lowest BCUT2D eigenvalue weighted by Gasteiger charge is -2.16. The monoisotopic (exact) mass is 548 g/mol. The smallest absolute Gasteiger partial charge is 0.208 e. The molecule has 0 saturated heterocycles. The molecule has 0 N–H and O–H groups in total. The van der Waals surface area contributed by atoms with Gasteiger partial charge in [-0.15, -0.1) is 0 Å². The van der Waals surface area contributed by atoms with E-state index in [1.807, 2.05) is 0 Å². The van der Waals surface area contributed by atoms with Gasteiger partial charge in [-0.2, -0.15) is 45.6 Å². The number of benzene rings is 4. The Balaban J connectivity index is 1.71. The van der Waals surface area contributed by atoms with Gasteiger partial charge in [-0.05, 0) is 48.5 Å². The molecule has 4 aromatic carbocycles. The van der Waals surface area contributed by atoms with Crippen LogP contribution in [0.15, 0.2) is 48.5 Å². The molecular weight excluding hydrogens is 540 g/mol. The highest BCUT2D eigenvalue weighted by Crippen LogP contribution is 2.43. The SMILES string of the molecule is N#Cc1ccc(Oc2c(F)c(F)c(Oc3c(F)c(F)c(Oc4ccc(C#N)cc4)c(F)c3F)c(F)c2F)cc1. The van der Waals surface area contributed by atoms with Gasteiger partial charge >= 0.3 is 0 Å². The lowest BCUT2D eigenvalue weighted by atomic mass is 10.2. The maximum atomic E-state index is 14.6. The number of nitrogens with zero attached hydrogens (tertiary/aromatic N) is 2. The number of ether oxygens (including phenoxy) is 3. The Kier molecular flexibility index (Phi) is 7.27. The summed E-state index contributed by atoms with van der Waals surface area (Å²) < 4.78 is 130. The van der Waals surface area contributed by atoms with Gasteiger partial charge < -0.3 is 14.2 Å². The van der Waals surface area contributed by atoms with Crippen molar-refractivity contribution >= 4 is 0 Å². The van der Waals surface area contributed by atoms with E-state index in [0.29, 0.717) is 0 Å². The predicted molar refractivity (Wildman–Crippen MR) is 115 cm³/mol. The molecular formula is C26H8F8N2O3. The van der Waals surface area contributed by atoms with Gasteiger partial charge in [0.1, 0.15) is 11.5 Å². The van der Waals surface area contributed by atoms with E-state index in [-0.39, 0.29) is 22.6 Å². The molecule has 0 spiro atoms. The van der Waals surface area contributed by atoms with Crippen molar-refractivity contribution in [3.63, 3.8) is 0 Å². The van der Waals surface area contributed by atoms with Crippen LogP contribution in [0.25, 0.3) is 0 Å². The van der Waals surface area contributed by atoms with Crippen LogP contribution < -0.4 is 14.2 Å². The van der Waals surface area contributed by atoms with Gasteiger partial charge in [0.05, 0.1) is 23.3 Å². The summed E-state index contributed by atoms with van der Waals surface area (Å²) in [6, 6.07) is 12.4. The maximum absolute atomic E-state index is 14.6. The predicted octanol–water partition coefficient (Wildman–Crippen LogP) is 7.92. The van der Waals surface area contributed by atoms with E-state index in [9.17, 15) is 35.1 Å². The van der Waals surface area contributed by atoms with Crippen molar-refractivity contribution in [1.82, 2.24) is 0 Å². The molecule has 13 heteroatoms. The van der Waals surface area contributed by atoms with Gasteiger partial charge in [-0.1, -0.05) is 0 Å². The van der Waals surface area contributed by atoms with Crippen molar-refractivity contribution in [2.45, 2.75) is 0 Å². The molecule has 0 atom stereocenters. The van der Waals surface area contributed by atoms with Crippen molar-refractivity contribution < 1.29 is 49.3 Å². The summed E-state index contributed by atoms with van der Waals surface area (Å²) in [5.74, 6) is -26.3. The molecule has 0 saturated carbocycles. The van der Waals surface area contributed by atoms with Crippen LogP contribution in [0.1, 0.15) is 11.1 Å². The molecule has 0 fully saturated rings. The van der Waals surface area contributed by atoms with E-state index in [2.05, 4.69) is 4.74 Å². The molecule has 4 aromatic rings. The van der Waals surface area contributed by atoms with Crippen LogP contribution in [-0.2, 0) is 0 Å². The molecule has 0 aliphatic rings. The van der Waals surface area contributed by atoms with E-state index in [0.717, 1.165) is 24.3 Å². The molecule has 196 valence electrons. The van der Waals surface area contributed by atoms with Crippen molar-refractivity contribution in [1.29, 1.82) is 10.5 Å². The molecule has 39 heavy (non-hydrogen) atoms. The molecule has 0 aromatic heterocycles. The standard InChI is InChI=1S/C26H8F8N2O3/c27-15-19(31)25(20(32)16(28)23(15)37-13-5-1-11(9-35)2-6-13)39-26-21(33)17(29)24(18(30)22(26)34)38-14-7-3-12(10-36)4-8-14/h1-8H. The highest BCUT2D eigenvalue weighted by atomic mass is 19.2. The molecule has 0 unspecified atom stereocenters. The van der Waals surface area contributed by atoms with Crippen molar-refractivity contribution in [3.05, 3.63) is 106 Å². The normalized spacial score (nSPS) is 10.5. The number of hydrogen-bond donors (Lipinski definition) is 0. The van der Waals surface area contributed by atoms with E-state index in [1.165, 1.54) is 24.3 Å². The Morgan fingerprint density at radius 3 is 0.846 bits per heavy atom. The summed E-state index contributed by atoms with van der Waals surface area (Å²) in [4.78, 5) is 0. The summed E-state index contributed by atoms with van der Waals surface area (Å²) in [5, 5.41) is 17.5. The van der Waals surface area contributed by atoms with Gasteiger partial charge in [-0.25, -0.2) is 0 Å². The third-order valence-electron chi connectivity index (χ3n) is 4.98. The number of halogens is 8. The Hall–Kier alpha value is -5.30. The number of nitriles is 2. The minimum atomic E-state index is -2.35. The van der Waals surface area contributed by atoms with Crippen LogP contribution in [0.3, 0.4) is 0 Å². The Labute approximate surface area is 213 Å². The fourth-order valence-electron chi connectivity index (χ4n) is 3.07. The zero-order chi connectivity index (χ0) is 28.4. The van der Waals surface area contributed by atoms with Crippen LogP contribution in [0.2, 0.25) is 0 Å². The quantitative estimate of drug-likeness (QED) is 0.181. The van der Waals surface area contributed by atoms with Gasteiger partial charge in [0.25, 0.3) is 0 Å². The summed E-state index contributed by atoms with van der Waals surface area (Å²) in [5.41, 5.74) is 0.252. The molecule has 0 aliphatic carbocycles. The van der Waals surface area contributed by atoms with E-state index in [4.69, 9.17) is 20.0 Å². The maximum Gasteiger partial charge on any atom is 0.208 e. The Morgan fingerprint density at radius 1 is 0.385 bits per heavy atom. The molecule has 0 aliphatic heterocycles.